The van der Waals surface area contributed by atoms with Gasteiger partial charge in [-0.15, -0.1) is 0 Å². The molecule has 2 unspecified atom stereocenters. The quantitative estimate of drug-likeness (QED) is 0.893. The summed E-state index contributed by atoms with van der Waals surface area (Å²) in [5, 5.41) is 3.00. The minimum Gasteiger partial charge on any atom is -0.396 e. The van der Waals surface area contributed by atoms with Crippen molar-refractivity contribution in [3.05, 3.63) is 17.7 Å². The third-order valence-electron chi connectivity index (χ3n) is 4.38. The molecule has 0 radical (unpaired) electrons. The van der Waals surface area contributed by atoms with Crippen LogP contribution in [-0.4, -0.2) is 22.4 Å². The first kappa shape index (κ1) is 15.7. The van der Waals surface area contributed by atoms with Gasteiger partial charge in [0, 0.05) is 12.5 Å². The van der Waals surface area contributed by atoms with Gasteiger partial charge in [0.1, 0.15) is 5.82 Å². The number of rotatable bonds is 4. The van der Waals surface area contributed by atoms with Crippen molar-refractivity contribution < 1.29 is 4.79 Å². The van der Waals surface area contributed by atoms with E-state index in [4.69, 9.17) is 5.73 Å². The molecule has 2 rings (SSSR count). The van der Waals surface area contributed by atoms with Crippen LogP contribution in [0.15, 0.2) is 6.20 Å². The Hall–Kier alpha value is -1.65. The van der Waals surface area contributed by atoms with Gasteiger partial charge in [-0.05, 0) is 18.3 Å². The molecule has 1 heterocycles. The summed E-state index contributed by atoms with van der Waals surface area (Å²) in [7, 11) is 0. The zero-order valence-corrected chi connectivity index (χ0v) is 13.2. The third kappa shape index (κ3) is 3.93. The average molecular weight is 290 g/mol. The molecule has 1 aliphatic rings. The Bertz CT molecular complexity index is 501. The molecule has 1 aromatic heterocycles. The molecule has 1 amide bonds. The molecule has 2 atom stereocenters. The van der Waals surface area contributed by atoms with Crippen molar-refractivity contribution >= 4 is 11.6 Å². The molecular weight excluding hydrogens is 264 g/mol. The van der Waals surface area contributed by atoms with Crippen LogP contribution < -0.4 is 11.1 Å². The van der Waals surface area contributed by atoms with Crippen LogP contribution in [0.3, 0.4) is 0 Å². The number of carbonyl (C=O) groups excluding carboxylic acids is 1. The van der Waals surface area contributed by atoms with E-state index in [1.165, 1.54) is 31.9 Å². The van der Waals surface area contributed by atoms with Crippen molar-refractivity contribution in [2.24, 2.45) is 11.8 Å². The van der Waals surface area contributed by atoms with Gasteiger partial charge in [-0.2, -0.15) is 0 Å². The Morgan fingerprint density at radius 3 is 2.81 bits per heavy atom. The summed E-state index contributed by atoms with van der Waals surface area (Å²) < 4.78 is 0. The minimum absolute atomic E-state index is 0.176. The number of amides is 1. The highest BCUT2D eigenvalue weighted by molar-refractivity contribution is 5.96. The van der Waals surface area contributed by atoms with Gasteiger partial charge in [-0.3, -0.25) is 4.79 Å². The van der Waals surface area contributed by atoms with Gasteiger partial charge in [-0.1, -0.05) is 40.0 Å². The maximum absolute atomic E-state index is 12.3. The second-order valence-electron chi connectivity index (χ2n) is 6.42. The Balaban J connectivity index is 2.01. The molecule has 0 saturated heterocycles. The predicted molar refractivity (Wildman–Crippen MR) is 84.0 cm³/mol. The molecule has 0 bridgehead atoms. The predicted octanol–water partition coefficient (Wildman–Crippen LogP) is 2.74. The first-order chi connectivity index (χ1) is 9.99. The molecule has 0 aliphatic heterocycles. The lowest BCUT2D eigenvalue weighted by Gasteiger charge is -2.28. The van der Waals surface area contributed by atoms with Gasteiger partial charge in [0.15, 0.2) is 5.69 Å². The van der Waals surface area contributed by atoms with Gasteiger partial charge in [0.05, 0.1) is 11.9 Å². The van der Waals surface area contributed by atoms with Crippen molar-refractivity contribution in [2.75, 3.05) is 12.3 Å². The van der Waals surface area contributed by atoms with Gasteiger partial charge in [0.25, 0.3) is 5.91 Å². The molecule has 21 heavy (non-hydrogen) atoms. The van der Waals surface area contributed by atoms with Crippen LogP contribution in [0.1, 0.15) is 68.7 Å². The fourth-order valence-corrected chi connectivity index (χ4v) is 2.87. The molecule has 1 aliphatic carbocycles. The molecular formula is C16H26N4O. The Kier molecular flexibility index (Phi) is 5.15. The average Bonchev–Trinajstić information content (AvgIpc) is 2.46. The summed E-state index contributed by atoms with van der Waals surface area (Å²) in [6.45, 7) is 6.97. The van der Waals surface area contributed by atoms with E-state index in [2.05, 4.69) is 22.2 Å². The normalized spacial score (nSPS) is 22.3. The highest BCUT2D eigenvalue weighted by Crippen LogP contribution is 2.28. The first-order valence-corrected chi connectivity index (χ1v) is 7.89. The van der Waals surface area contributed by atoms with E-state index in [1.54, 1.807) is 0 Å². The van der Waals surface area contributed by atoms with E-state index in [1.807, 2.05) is 13.8 Å². The molecule has 1 aromatic rings. The van der Waals surface area contributed by atoms with Crippen LogP contribution in [0.25, 0.3) is 0 Å². The van der Waals surface area contributed by atoms with Crippen LogP contribution in [-0.2, 0) is 0 Å². The van der Waals surface area contributed by atoms with E-state index in [9.17, 15) is 4.79 Å². The Labute approximate surface area is 126 Å². The highest BCUT2D eigenvalue weighted by atomic mass is 16.1. The Morgan fingerprint density at radius 2 is 2.14 bits per heavy atom. The van der Waals surface area contributed by atoms with E-state index in [-0.39, 0.29) is 11.8 Å². The lowest BCUT2D eigenvalue weighted by atomic mass is 9.80. The fourth-order valence-electron chi connectivity index (χ4n) is 2.87. The maximum atomic E-state index is 12.3. The fraction of sp³-hybridized carbons (Fsp3) is 0.688. The maximum Gasteiger partial charge on any atom is 0.272 e. The molecule has 116 valence electrons. The topological polar surface area (TPSA) is 80.9 Å². The summed E-state index contributed by atoms with van der Waals surface area (Å²) in [4.78, 5) is 20.8. The second-order valence-corrected chi connectivity index (χ2v) is 6.42. The molecule has 5 heteroatoms. The number of nitrogens with one attached hydrogen (secondary N) is 1. The van der Waals surface area contributed by atoms with E-state index < -0.39 is 0 Å². The largest absolute Gasteiger partial charge is 0.396 e. The van der Waals surface area contributed by atoms with Crippen LogP contribution in [0.4, 0.5) is 5.69 Å². The molecule has 5 nitrogen and oxygen atoms in total. The van der Waals surface area contributed by atoms with Crippen LogP contribution >= 0.6 is 0 Å². The highest BCUT2D eigenvalue weighted by Gasteiger charge is 2.22. The standard InChI is InChI=1S/C16H26N4O/c1-10(2)15-18-9-13(17)14(20-15)16(21)19-8-12-7-5-4-6-11(12)3/h9-12H,4-8,17H2,1-3H3,(H,19,21). The molecule has 0 spiro atoms. The summed E-state index contributed by atoms with van der Waals surface area (Å²) in [6.07, 6.45) is 6.55. The number of hydrogen-bond acceptors (Lipinski definition) is 4. The minimum atomic E-state index is -0.186. The van der Waals surface area contributed by atoms with Crippen LogP contribution in [0.5, 0.6) is 0 Å². The number of nitrogens with two attached hydrogens (primary N) is 1. The number of nitrogen functional groups attached to an aromatic ring is 1. The van der Waals surface area contributed by atoms with Crippen molar-refractivity contribution in [3.8, 4) is 0 Å². The molecule has 3 N–H and O–H groups in total. The number of aromatic nitrogens is 2. The second kappa shape index (κ2) is 6.87. The zero-order valence-electron chi connectivity index (χ0n) is 13.2. The molecule has 1 fully saturated rings. The van der Waals surface area contributed by atoms with Crippen molar-refractivity contribution in [1.82, 2.24) is 15.3 Å². The first-order valence-electron chi connectivity index (χ1n) is 7.89. The summed E-state index contributed by atoms with van der Waals surface area (Å²) in [6, 6.07) is 0. The van der Waals surface area contributed by atoms with Crippen LogP contribution in [0, 0.1) is 11.8 Å². The van der Waals surface area contributed by atoms with Gasteiger partial charge < -0.3 is 11.1 Å². The summed E-state index contributed by atoms with van der Waals surface area (Å²) >= 11 is 0. The van der Waals surface area contributed by atoms with E-state index in [0.29, 0.717) is 35.6 Å². The number of anilines is 1. The lowest BCUT2D eigenvalue weighted by Crippen LogP contribution is -2.34. The molecule has 1 saturated carbocycles. The number of hydrogen-bond donors (Lipinski definition) is 2. The SMILES string of the molecule is CC(C)c1ncc(N)c(C(=O)NCC2CCCCC2C)n1. The monoisotopic (exact) mass is 290 g/mol. The molecule has 0 aromatic carbocycles. The van der Waals surface area contributed by atoms with Gasteiger partial charge in [0.2, 0.25) is 0 Å². The van der Waals surface area contributed by atoms with Crippen molar-refractivity contribution in [1.29, 1.82) is 0 Å². The van der Waals surface area contributed by atoms with E-state index >= 15 is 0 Å². The van der Waals surface area contributed by atoms with Crippen molar-refractivity contribution in [2.45, 2.75) is 52.4 Å². The smallest absolute Gasteiger partial charge is 0.272 e. The third-order valence-corrected chi connectivity index (χ3v) is 4.38. The van der Waals surface area contributed by atoms with Gasteiger partial charge >= 0.3 is 0 Å². The van der Waals surface area contributed by atoms with Crippen LogP contribution in [0.2, 0.25) is 0 Å². The zero-order chi connectivity index (χ0) is 15.4. The van der Waals surface area contributed by atoms with Gasteiger partial charge in [-0.25, -0.2) is 9.97 Å². The Morgan fingerprint density at radius 1 is 1.43 bits per heavy atom. The van der Waals surface area contributed by atoms with E-state index in [0.717, 1.165) is 0 Å². The lowest BCUT2D eigenvalue weighted by molar-refractivity contribution is 0.0932. The summed E-state index contributed by atoms with van der Waals surface area (Å²) in [5.41, 5.74) is 6.48. The summed E-state index contributed by atoms with van der Waals surface area (Å²) in [5.74, 6) is 1.88. The number of carbonyl (C=O) groups is 1. The van der Waals surface area contributed by atoms with Crippen molar-refractivity contribution in [3.63, 3.8) is 0 Å². The number of nitrogens with zero attached hydrogens (tertiary/aromatic N) is 2.